The van der Waals surface area contributed by atoms with Crippen molar-refractivity contribution in [1.29, 1.82) is 0 Å². The van der Waals surface area contributed by atoms with Gasteiger partial charge in [0.1, 0.15) is 5.82 Å². The lowest BCUT2D eigenvalue weighted by atomic mass is 9.78. The molecule has 1 aromatic rings. The molecule has 2 atom stereocenters. The van der Waals surface area contributed by atoms with Crippen LogP contribution in [0.2, 0.25) is 0 Å². The van der Waals surface area contributed by atoms with Gasteiger partial charge >= 0.3 is 0 Å². The van der Waals surface area contributed by atoms with E-state index in [2.05, 4.69) is 26.1 Å². The first-order valence-corrected chi connectivity index (χ1v) is 6.01. The standard InChI is InChI=1S/C14H22FNO/c1-10(17)9-16-11(2)14(3,4)12-5-7-13(15)8-6-12/h5-8,10-11,16-17H,9H2,1-4H3/t10-,11+/m0/s1. The second kappa shape index (κ2) is 5.61. The van der Waals surface area contributed by atoms with Gasteiger partial charge < -0.3 is 10.4 Å². The first kappa shape index (κ1) is 14.1. The quantitative estimate of drug-likeness (QED) is 0.827. The molecule has 0 bridgehead atoms. The fraction of sp³-hybridized carbons (Fsp3) is 0.571. The van der Waals surface area contributed by atoms with Gasteiger partial charge in [-0.25, -0.2) is 4.39 Å². The Hall–Kier alpha value is -0.930. The van der Waals surface area contributed by atoms with E-state index in [9.17, 15) is 9.50 Å². The number of aliphatic hydroxyl groups excluding tert-OH is 1. The lowest BCUT2D eigenvalue weighted by Gasteiger charge is -2.33. The van der Waals surface area contributed by atoms with Crippen LogP contribution < -0.4 is 5.32 Å². The minimum Gasteiger partial charge on any atom is -0.392 e. The van der Waals surface area contributed by atoms with Crippen molar-refractivity contribution in [3.8, 4) is 0 Å². The van der Waals surface area contributed by atoms with Gasteiger partial charge in [0, 0.05) is 18.0 Å². The van der Waals surface area contributed by atoms with Crippen molar-refractivity contribution in [1.82, 2.24) is 5.32 Å². The topological polar surface area (TPSA) is 32.3 Å². The van der Waals surface area contributed by atoms with E-state index in [1.807, 2.05) is 12.1 Å². The van der Waals surface area contributed by atoms with Gasteiger partial charge in [0.2, 0.25) is 0 Å². The van der Waals surface area contributed by atoms with Gasteiger partial charge in [-0.15, -0.1) is 0 Å². The van der Waals surface area contributed by atoms with E-state index in [1.165, 1.54) is 12.1 Å². The lowest BCUT2D eigenvalue weighted by Crippen LogP contribution is -2.44. The number of hydrogen-bond donors (Lipinski definition) is 2. The molecule has 0 aromatic heterocycles. The Morgan fingerprint density at radius 3 is 2.24 bits per heavy atom. The average molecular weight is 239 g/mol. The third-order valence-electron chi connectivity index (χ3n) is 3.39. The summed E-state index contributed by atoms with van der Waals surface area (Å²) in [7, 11) is 0. The zero-order valence-corrected chi connectivity index (χ0v) is 11.0. The van der Waals surface area contributed by atoms with Crippen LogP contribution in [0.3, 0.4) is 0 Å². The highest BCUT2D eigenvalue weighted by molar-refractivity contribution is 5.26. The van der Waals surface area contributed by atoms with E-state index < -0.39 is 0 Å². The fourth-order valence-corrected chi connectivity index (χ4v) is 1.73. The van der Waals surface area contributed by atoms with Crippen LogP contribution in [0, 0.1) is 5.82 Å². The molecule has 1 aromatic carbocycles. The molecule has 2 nitrogen and oxygen atoms in total. The molecule has 0 saturated heterocycles. The van der Waals surface area contributed by atoms with Crippen LogP contribution in [0.4, 0.5) is 4.39 Å². The maximum absolute atomic E-state index is 12.9. The summed E-state index contributed by atoms with van der Waals surface area (Å²) >= 11 is 0. The van der Waals surface area contributed by atoms with Crippen molar-refractivity contribution in [2.45, 2.75) is 45.3 Å². The van der Waals surface area contributed by atoms with Gasteiger partial charge in [-0.3, -0.25) is 0 Å². The lowest BCUT2D eigenvalue weighted by molar-refractivity contribution is 0.180. The highest BCUT2D eigenvalue weighted by Gasteiger charge is 2.27. The molecular weight excluding hydrogens is 217 g/mol. The molecule has 0 aliphatic carbocycles. The monoisotopic (exact) mass is 239 g/mol. The number of nitrogens with one attached hydrogen (secondary N) is 1. The summed E-state index contributed by atoms with van der Waals surface area (Å²) in [6.07, 6.45) is -0.360. The van der Waals surface area contributed by atoms with Crippen LogP contribution in [0.25, 0.3) is 0 Å². The molecule has 0 aliphatic heterocycles. The molecule has 3 heteroatoms. The van der Waals surface area contributed by atoms with Crippen LogP contribution in [-0.2, 0) is 5.41 Å². The second-order valence-electron chi connectivity index (χ2n) is 5.21. The Morgan fingerprint density at radius 1 is 1.24 bits per heavy atom. The molecule has 96 valence electrons. The fourth-order valence-electron chi connectivity index (χ4n) is 1.73. The Kier molecular flexibility index (Phi) is 4.66. The number of rotatable bonds is 5. The normalized spacial score (nSPS) is 15.6. The molecule has 0 saturated carbocycles. The molecule has 0 radical (unpaired) electrons. The molecule has 17 heavy (non-hydrogen) atoms. The van der Waals surface area contributed by atoms with Crippen molar-refractivity contribution >= 4 is 0 Å². The van der Waals surface area contributed by atoms with Gasteiger partial charge in [0.25, 0.3) is 0 Å². The predicted molar refractivity (Wildman–Crippen MR) is 68.6 cm³/mol. The van der Waals surface area contributed by atoms with E-state index in [-0.39, 0.29) is 23.4 Å². The van der Waals surface area contributed by atoms with Crippen molar-refractivity contribution in [2.75, 3.05) is 6.54 Å². The Morgan fingerprint density at radius 2 is 1.76 bits per heavy atom. The minimum atomic E-state index is -0.360. The number of aliphatic hydroxyl groups is 1. The SMILES string of the molecule is C[C@H](O)CN[C@H](C)C(C)(C)c1ccc(F)cc1. The molecule has 0 fully saturated rings. The molecule has 0 heterocycles. The maximum atomic E-state index is 12.9. The zero-order valence-electron chi connectivity index (χ0n) is 11.0. The molecule has 0 unspecified atom stereocenters. The summed E-state index contributed by atoms with van der Waals surface area (Å²) in [5.41, 5.74) is 0.979. The Bertz CT molecular complexity index is 346. The van der Waals surface area contributed by atoms with Gasteiger partial charge in [-0.05, 0) is 31.5 Å². The molecule has 2 N–H and O–H groups in total. The summed E-state index contributed by atoms with van der Waals surface area (Å²) in [5.74, 6) is -0.214. The molecule has 1 rings (SSSR count). The van der Waals surface area contributed by atoms with Crippen LogP contribution >= 0.6 is 0 Å². The summed E-state index contributed by atoms with van der Waals surface area (Å²) in [6.45, 7) is 8.61. The number of halogens is 1. The van der Waals surface area contributed by atoms with Gasteiger partial charge in [-0.2, -0.15) is 0 Å². The summed E-state index contributed by atoms with van der Waals surface area (Å²) in [5, 5.41) is 12.6. The highest BCUT2D eigenvalue weighted by Crippen LogP contribution is 2.27. The Balaban J connectivity index is 2.75. The average Bonchev–Trinajstić information content (AvgIpc) is 2.26. The summed E-state index contributed by atoms with van der Waals surface area (Å²) < 4.78 is 12.9. The van der Waals surface area contributed by atoms with Crippen LogP contribution in [-0.4, -0.2) is 23.8 Å². The second-order valence-corrected chi connectivity index (χ2v) is 5.21. The van der Waals surface area contributed by atoms with Crippen LogP contribution in [0.5, 0.6) is 0 Å². The van der Waals surface area contributed by atoms with E-state index >= 15 is 0 Å². The van der Waals surface area contributed by atoms with Crippen molar-refractivity contribution in [3.63, 3.8) is 0 Å². The maximum Gasteiger partial charge on any atom is 0.123 e. The largest absolute Gasteiger partial charge is 0.392 e. The highest BCUT2D eigenvalue weighted by atomic mass is 19.1. The minimum absolute atomic E-state index is 0.109. The van der Waals surface area contributed by atoms with Crippen molar-refractivity contribution in [3.05, 3.63) is 35.6 Å². The van der Waals surface area contributed by atoms with E-state index in [1.54, 1.807) is 6.92 Å². The first-order chi connectivity index (χ1) is 7.84. The van der Waals surface area contributed by atoms with E-state index in [0.29, 0.717) is 6.54 Å². The third-order valence-corrected chi connectivity index (χ3v) is 3.39. The molecule has 0 aliphatic rings. The van der Waals surface area contributed by atoms with E-state index in [0.717, 1.165) is 5.56 Å². The molecule has 0 spiro atoms. The summed E-state index contributed by atoms with van der Waals surface area (Å²) in [4.78, 5) is 0. The summed E-state index contributed by atoms with van der Waals surface area (Å²) in [6, 6.07) is 6.80. The molecule has 0 amide bonds. The smallest absolute Gasteiger partial charge is 0.123 e. The van der Waals surface area contributed by atoms with Gasteiger partial charge in [0.15, 0.2) is 0 Å². The van der Waals surface area contributed by atoms with E-state index in [4.69, 9.17) is 0 Å². The van der Waals surface area contributed by atoms with Gasteiger partial charge in [-0.1, -0.05) is 26.0 Å². The Labute approximate surface area is 103 Å². The first-order valence-electron chi connectivity index (χ1n) is 6.01. The number of hydrogen-bond acceptors (Lipinski definition) is 2. The third kappa shape index (κ3) is 3.79. The van der Waals surface area contributed by atoms with Crippen molar-refractivity contribution in [2.24, 2.45) is 0 Å². The van der Waals surface area contributed by atoms with Crippen molar-refractivity contribution < 1.29 is 9.50 Å². The van der Waals surface area contributed by atoms with Crippen LogP contribution in [0.1, 0.15) is 33.3 Å². The van der Waals surface area contributed by atoms with Gasteiger partial charge in [0.05, 0.1) is 6.10 Å². The number of benzene rings is 1. The molecular formula is C14H22FNO. The predicted octanol–water partition coefficient (Wildman–Crippen LogP) is 2.46. The van der Waals surface area contributed by atoms with Crippen LogP contribution in [0.15, 0.2) is 24.3 Å². The zero-order chi connectivity index (χ0) is 13.1.